The monoisotopic (exact) mass is 574 g/mol. The van der Waals surface area contributed by atoms with Gasteiger partial charge in [0.15, 0.2) is 8.32 Å². The second-order valence-corrected chi connectivity index (χ2v) is 17.9. The summed E-state index contributed by atoms with van der Waals surface area (Å²) in [7, 11) is -0.876. The third-order valence-electron chi connectivity index (χ3n) is 7.65. The lowest BCUT2D eigenvalue weighted by Gasteiger charge is -2.43. The number of rotatable bonds is 7. The van der Waals surface area contributed by atoms with E-state index in [0.29, 0.717) is 17.1 Å². The van der Waals surface area contributed by atoms with Gasteiger partial charge in [-0.25, -0.2) is 14.6 Å². The lowest BCUT2D eigenvalue weighted by atomic mass is 10.0. The summed E-state index contributed by atoms with van der Waals surface area (Å²) in [6.45, 7) is 16.7. The van der Waals surface area contributed by atoms with Gasteiger partial charge in [0.05, 0.1) is 24.8 Å². The highest BCUT2D eigenvalue weighted by molar-refractivity contribution is 6.74. The molecule has 2 heterocycles. The number of likely N-dealkylation sites (tertiary alicyclic amines) is 1. The van der Waals surface area contributed by atoms with Gasteiger partial charge in [0.2, 0.25) is 0 Å². The van der Waals surface area contributed by atoms with E-state index >= 15 is 0 Å². The number of ether oxygens (including phenoxy) is 2. The first kappa shape index (κ1) is 31.1. The van der Waals surface area contributed by atoms with Crippen molar-refractivity contribution < 1.29 is 23.5 Å². The Balaban J connectivity index is 2.00. The number of aromatic nitrogens is 1. The van der Waals surface area contributed by atoms with E-state index in [4.69, 9.17) is 25.5 Å². The number of esters is 1. The molecule has 3 atom stereocenters. The normalized spacial score (nSPS) is 19.1. The van der Waals surface area contributed by atoms with E-state index < -0.39 is 13.9 Å². The predicted octanol–water partition coefficient (Wildman–Crippen LogP) is 7.60. The molecule has 0 spiro atoms. The molecular formula is C30H43ClN2O5Si. The molecule has 1 amide bonds. The van der Waals surface area contributed by atoms with Gasteiger partial charge in [-0.3, -0.25) is 4.90 Å². The Hall–Kier alpha value is -2.42. The number of nitrogens with zero attached hydrogens (tertiary/aromatic N) is 2. The molecule has 1 aromatic heterocycles. The SMILES string of the molecule is COC(=O)c1ccc(CC2CCC([C@H](O[Si](C)(C)C(C)(C)C)c3ccc(Cl)nc3)N2C(=O)OC(C)(C)C)cc1. The van der Waals surface area contributed by atoms with Crippen molar-refractivity contribution in [1.82, 2.24) is 9.88 Å². The number of methoxy groups -OCH3 is 1. The number of carbonyl (C=O) groups excluding carboxylic acids is 2. The topological polar surface area (TPSA) is 78.0 Å². The van der Waals surface area contributed by atoms with Crippen molar-refractivity contribution in [2.45, 2.75) is 103 Å². The zero-order valence-electron chi connectivity index (χ0n) is 24.7. The van der Waals surface area contributed by atoms with Gasteiger partial charge in [-0.05, 0) is 81.9 Å². The van der Waals surface area contributed by atoms with E-state index in [1.165, 1.54) is 7.11 Å². The minimum absolute atomic E-state index is 0.0265. The molecule has 0 aliphatic carbocycles. The zero-order valence-corrected chi connectivity index (χ0v) is 26.5. The Labute approximate surface area is 239 Å². The molecule has 1 aromatic carbocycles. The van der Waals surface area contributed by atoms with Crippen molar-refractivity contribution in [2.24, 2.45) is 0 Å². The number of amides is 1. The summed E-state index contributed by atoms with van der Waals surface area (Å²) in [6.07, 6.45) is 3.20. The highest BCUT2D eigenvalue weighted by Crippen LogP contribution is 2.44. The number of carbonyl (C=O) groups is 2. The molecular weight excluding hydrogens is 532 g/mol. The fourth-order valence-corrected chi connectivity index (χ4v) is 5.99. The van der Waals surface area contributed by atoms with Gasteiger partial charge < -0.3 is 13.9 Å². The largest absolute Gasteiger partial charge is 0.465 e. The van der Waals surface area contributed by atoms with Gasteiger partial charge in [-0.15, -0.1) is 0 Å². The quantitative estimate of drug-likeness (QED) is 0.192. The summed E-state index contributed by atoms with van der Waals surface area (Å²) in [6, 6.07) is 10.7. The number of benzene rings is 1. The van der Waals surface area contributed by atoms with Crippen molar-refractivity contribution in [3.8, 4) is 0 Å². The highest BCUT2D eigenvalue weighted by Gasteiger charge is 2.47. The standard InChI is InChI=1S/C30H43ClN2O5Si/c1-29(2,3)37-28(35)33-23(18-20-10-12-21(13-11-20)27(34)36-7)15-16-24(33)26(22-14-17-25(31)32-19-22)38-39(8,9)30(4,5)6/h10-14,17,19,23-24,26H,15-16,18H2,1-9H3/t23?,24?,26-/m1/s1. The van der Waals surface area contributed by atoms with Crippen molar-refractivity contribution in [2.75, 3.05) is 7.11 Å². The van der Waals surface area contributed by atoms with Crippen LogP contribution >= 0.6 is 11.6 Å². The minimum Gasteiger partial charge on any atom is -0.465 e. The third kappa shape index (κ3) is 7.83. The first-order valence-corrected chi connectivity index (χ1v) is 16.8. The molecule has 39 heavy (non-hydrogen) atoms. The Morgan fingerprint density at radius 2 is 1.69 bits per heavy atom. The molecule has 0 radical (unpaired) electrons. The van der Waals surface area contributed by atoms with Crippen LogP contribution in [-0.4, -0.2) is 55.1 Å². The molecule has 2 unspecified atom stereocenters. The van der Waals surface area contributed by atoms with Crippen molar-refractivity contribution >= 4 is 32.0 Å². The number of halogens is 1. The van der Waals surface area contributed by atoms with Crippen LogP contribution in [0.25, 0.3) is 0 Å². The van der Waals surface area contributed by atoms with Crippen LogP contribution < -0.4 is 0 Å². The third-order valence-corrected chi connectivity index (χ3v) is 12.3. The summed E-state index contributed by atoms with van der Waals surface area (Å²) >= 11 is 6.13. The Morgan fingerprint density at radius 3 is 2.21 bits per heavy atom. The lowest BCUT2D eigenvalue weighted by molar-refractivity contribution is -0.00244. The molecule has 3 rings (SSSR count). The number of hydrogen-bond donors (Lipinski definition) is 0. The fraction of sp³-hybridized carbons (Fsp3) is 0.567. The molecule has 0 N–H and O–H groups in total. The van der Waals surface area contributed by atoms with Gasteiger partial charge in [-0.2, -0.15) is 0 Å². The zero-order chi connectivity index (χ0) is 29.2. The number of hydrogen-bond acceptors (Lipinski definition) is 6. The van der Waals surface area contributed by atoms with Gasteiger partial charge in [-0.1, -0.05) is 50.6 Å². The highest BCUT2D eigenvalue weighted by atomic mass is 35.5. The van der Waals surface area contributed by atoms with Crippen LogP contribution in [0.15, 0.2) is 42.6 Å². The average molecular weight is 575 g/mol. The van der Waals surface area contributed by atoms with E-state index in [0.717, 1.165) is 24.0 Å². The molecule has 2 aromatic rings. The molecule has 1 aliphatic rings. The average Bonchev–Trinajstić information content (AvgIpc) is 3.24. The maximum atomic E-state index is 13.8. The summed E-state index contributed by atoms with van der Waals surface area (Å²) in [5.74, 6) is -0.375. The lowest BCUT2D eigenvalue weighted by Crippen LogP contribution is -2.50. The molecule has 0 saturated carbocycles. The maximum Gasteiger partial charge on any atom is 0.410 e. The van der Waals surface area contributed by atoms with E-state index in [1.807, 2.05) is 43.9 Å². The summed E-state index contributed by atoms with van der Waals surface area (Å²) < 4.78 is 17.8. The molecule has 0 bridgehead atoms. The Morgan fingerprint density at radius 1 is 1.05 bits per heavy atom. The second kappa shape index (κ2) is 12.0. The van der Waals surface area contributed by atoms with Gasteiger partial charge in [0.25, 0.3) is 0 Å². The van der Waals surface area contributed by atoms with E-state index in [9.17, 15) is 9.59 Å². The van der Waals surface area contributed by atoms with Crippen molar-refractivity contribution in [3.05, 3.63) is 64.4 Å². The summed E-state index contributed by atoms with van der Waals surface area (Å²) in [4.78, 5) is 31.9. The van der Waals surface area contributed by atoms with E-state index in [-0.39, 0.29) is 35.3 Å². The predicted molar refractivity (Wildman–Crippen MR) is 157 cm³/mol. The fourth-order valence-electron chi connectivity index (χ4n) is 4.59. The van der Waals surface area contributed by atoms with Crippen LogP contribution in [0.4, 0.5) is 4.79 Å². The van der Waals surface area contributed by atoms with Crippen LogP contribution in [0.3, 0.4) is 0 Å². The van der Waals surface area contributed by atoms with E-state index in [2.05, 4.69) is 38.8 Å². The molecule has 1 aliphatic heterocycles. The van der Waals surface area contributed by atoms with Gasteiger partial charge >= 0.3 is 12.1 Å². The van der Waals surface area contributed by atoms with Gasteiger partial charge in [0.1, 0.15) is 10.8 Å². The van der Waals surface area contributed by atoms with Crippen LogP contribution in [0, 0.1) is 0 Å². The molecule has 214 valence electrons. The molecule has 7 nitrogen and oxygen atoms in total. The van der Waals surface area contributed by atoms with E-state index in [1.54, 1.807) is 24.4 Å². The Kier molecular flexibility index (Phi) is 9.56. The summed E-state index contributed by atoms with van der Waals surface area (Å²) in [5.41, 5.74) is 1.77. The van der Waals surface area contributed by atoms with Crippen LogP contribution in [0.5, 0.6) is 0 Å². The Bertz CT molecular complexity index is 1140. The van der Waals surface area contributed by atoms with Gasteiger partial charge in [0, 0.05) is 17.8 Å². The number of pyridine rings is 1. The smallest absolute Gasteiger partial charge is 0.410 e. The second-order valence-electron chi connectivity index (χ2n) is 12.8. The molecule has 1 saturated heterocycles. The minimum atomic E-state index is -2.24. The first-order valence-electron chi connectivity index (χ1n) is 13.5. The van der Waals surface area contributed by atoms with Crippen molar-refractivity contribution in [3.63, 3.8) is 0 Å². The first-order chi connectivity index (χ1) is 18.0. The van der Waals surface area contributed by atoms with Crippen LogP contribution in [0.2, 0.25) is 23.3 Å². The van der Waals surface area contributed by atoms with Crippen LogP contribution in [0.1, 0.15) is 82.0 Å². The molecule has 9 heteroatoms. The summed E-state index contributed by atoms with van der Waals surface area (Å²) in [5, 5.41) is 0.384. The van der Waals surface area contributed by atoms with Crippen molar-refractivity contribution in [1.29, 1.82) is 0 Å². The maximum absolute atomic E-state index is 13.8. The molecule has 1 fully saturated rings. The van der Waals surface area contributed by atoms with Crippen LogP contribution in [-0.2, 0) is 20.3 Å².